The van der Waals surface area contributed by atoms with Crippen LogP contribution in [0.1, 0.15) is 58.8 Å². The zero-order valence-electron chi connectivity index (χ0n) is 15.0. The van der Waals surface area contributed by atoms with Crippen LogP contribution in [0.25, 0.3) is 0 Å². The number of allylic oxidation sites excluding steroid dienone is 1. The SMILES string of the molecule is CC1(CO)CCCC2(C)C1CCC1(CO1)C2C/C=C1\CCOC1=O. The molecule has 1 N–H and O–H groups in total. The minimum atomic E-state index is -0.137. The van der Waals surface area contributed by atoms with Crippen LogP contribution in [0.15, 0.2) is 11.6 Å². The fourth-order valence-corrected chi connectivity index (χ4v) is 6.28. The second kappa shape index (κ2) is 5.57. The van der Waals surface area contributed by atoms with Crippen molar-refractivity contribution in [2.45, 2.75) is 64.4 Å². The zero-order valence-corrected chi connectivity index (χ0v) is 15.0. The monoisotopic (exact) mass is 334 g/mol. The first-order valence-corrected chi connectivity index (χ1v) is 9.55. The van der Waals surface area contributed by atoms with E-state index in [2.05, 4.69) is 19.9 Å². The van der Waals surface area contributed by atoms with E-state index in [4.69, 9.17) is 9.47 Å². The number of fused-ring (bicyclic) bond motifs is 1. The van der Waals surface area contributed by atoms with Crippen molar-refractivity contribution in [1.82, 2.24) is 0 Å². The summed E-state index contributed by atoms with van der Waals surface area (Å²) in [6, 6.07) is 0. The van der Waals surface area contributed by atoms with Gasteiger partial charge in [0.05, 0.1) is 18.8 Å². The number of carbonyl (C=O) groups is 1. The number of aliphatic hydroxyl groups excluding tert-OH is 1. The van der Waals surface area contributed by atoms with Gasteiger partial charge in [0.15, 0.2) is 0 Å². The summed E-state index contributed by atoms with van der Waals surface area (Å²) >= 11 is 0. The van der Waals surface area contributed by atoms with Crippen molar-refractivity contribution >= 4 is 5.97 Å². The highest BCUT2D eigenvalue weighted by atomic mass is 16.6. The van der Waals surface area contributed by atoms with E-state index in [9.17, 15) is 9.90 Å². The molecule has 24 heavy (non-hydrogen) atoms. The van der Waals surface area contributed by atoms with Crippen molar-refractivity contribution in [1.29, 1.82) is 0 Å². The molecule has 2 aliphatic heterocycles. The fourth-order valence-electron chi connectivity index (χ4n) is 6.28. The lowest BCUT2D eigenvalue weighted by Gasteiger charge is -2.59. The summed E-state index contributed by atoms with van der Waals surface area (Å²) < 4.78 is 11.1. The number of aliphatic hydroxyl groups is 1. The molecule has 0 aromatic carbocycles. The Morgan fingerprint density at radius 2 is 2.08 bits per heavy atom. The number of esters is 1. The number of cyclic esters (lactones) is 1. The molecule has 0 aromatic heterocycles. The van der Waals surface area contributed by atoms with Crippen LogP contribution < -0.4 is 0 Å². The molecular weight excluding hydrogens is 304 g/mol. The van der Waals surface area contributed by atoms with Gasteiger partial charge in [-0.05, 0) is 54.8 Å². The van der Waals surface area contributed by atoms with Gasteiger partial charge in [0.2, 0.25) is 0 Å². The topological polar surface area (TPSA) is 59.1 Å². The minimum Gasteiger partial charge on any atom is -0.462 e. The summed E-state index contributed by atoms with van der Waals surface area (Å²) in [4.78, 5) is 11.8. The maximum atomic E-state index is 11.8. The number of rotatable bonds is 3. The summed E-state index contributed by atoms with van der Waals surface area (Å²) in [5.74, 6) is 0.843. The fraction of sp³-hybridized carbons (Fsp3) is 0.850. The minimum absolute atomic E-state index is 0.0263. The Kier molecular flexibility index (Phi) is 3.85. The molecule has 0 amide bonds. The summed E-state index contributed by atoms with van der Waals surface area (Å²) in [5, 5.41) is 10.1. The third-order valence-electron chi connectivity index (χ3n) is 7.73. The van der Waals surface area contributed by atoms with Crippen molar-refractivity contribution in [2.75, 3.05) is 19.8 Å². The lowest BCUT2D eigenvalue weighted by Crippen LogP contribution is -2.56. The van der Waals surface area contributed by atoms with E-state index in [0.29, 0.717) is 18.4 Å². The van der Waals surface area contributed by atoms with Crippen LogP contribution >= 0.6 is 0 Å². The molecule has 0 aromatic rings. The molecular formula is C20H30O4. The van der Waals surface area contributed by atoms with Gasteiger partial charge in [0, 0.05) is 18.6 Å². The van der Waals surface area contributed by atoms with Gasteiger partial charge in [-0.25, -0.2) is 4.79 Å². The second-order valence-electron chi connectivity index (χ2n) is 9.02. The van der Waals surface area contributed by atoms with Gasteiger partial charge in [0.25, 0.3) is 0 Å². The maximum absolute atomic E-state index is 11.8. The summed E-state index contributed by atoms with van der Waals surface area (Å²) in [5.41, 5.74) is 1.08. The summed E-state index contributed by atoms with van der Waals surface area (Å²) in [6.07, 6.45) is 9.53. The molecule has 4 rings (SSSR count). The molecule has 4 fully saturated rings. The van der Waals surface area contributed by atoms with Crippen LogP contribution in [-0.2, 0) is 14.3 Å². The predicted octanol–water partition coefficient (Wildman–Crippen LogP) is 3.23. The number of ether oxygens (including phenoxy) is 2. The van der Waals surface area contributed by atoms with Gasteiger partial charge in [-0.3, -0.25) is 0 Å². The van der Waals surface area contributed by atoms with Crippen LogP contribution in [0.4, 0.5) is 0 Å². The number of hydrogen-bond acceptors (Lipinski definition) is 4. The molecule has 0 radical (unpaired) electrons. The third kappa shape index (κ3) is 2.37. The van der Waals surface area contributed by atoms with Gasteiger partial charge in [-0.15, -0.1) is 0 Å². The molecule has 4 aliphatic rings. The first-order chi connectivity index (χ1) is 11.4. The van der Waals surface area contributed by atoms with Gasteiger partial charge < -0.3 is 14.6 Å². The first kappa shape index (κ1) is 16.6. The Morgan fingerprint density at radius 1 is 1.29 bits per heavy atom. The van der Waals surface area contributed by atoms with Crippen molar-refractivity contribution in [2.24, 2.45) is 22.7 Å². The molecule has 1 spiro atoms. The highest BCUT2D eigenvalue weighted by Crippen LogP contribution is 2.66. The van der Waals surface area contributed by atoms with Crippen LogP contribution in [-0.4, -0.2) is 36.5 Å². The molecule has 2 aliphatic carbocycles. The van der Waals surface area contributed by atoms with Crippen LogP contribution in [0.2, 0.25) is 0 Å². The lowest BCUT2D eigenvalue weighted by molar-refractivity contribution is -0.135. The Labute approximate surface area is 144 Å². The quantitative estimate of drug-likeness (QED) is 0.489. The molecule has 2 saturated carbocycles. The van der Waals surface area contributed by atoms with E-state index < -0.39 is 0 Å². The van der Waals surface area contributed by atoms with E-state index in [1.165, 1.54) is 12.8 Å². The zero-order chi connectivity index (χ0) is 17.0. The van der Waals surface area contributed by atoms with Crippen molar-refractivity contribution in [3.8, 4) is 0 Å². The molecule has 2 saturated heterocycles. The Morgan fingerprint density at radius 3 is 2.71 bits per heavy atom. The average Bonchev–Trinajstić information content (AvgIpc) is 3.20. The van der Waals surface area contributed by atoms with E-state index in [0.717, 1.165) is 44.3 Å². The molecule has 4 heteroatoms. The molecule has 5 unspecified atom stereocenters. The van der Waals surface area contributed by atoms with Crippen LogP contribution in [0.3, 0.4) is 0 Å². The van der Waals surface area contributed by atoms with Gasteiger partial charge in [0.1, 0.15) is 0 Å². The van der Waals surface area contributed by atoms with Crippen molar-refractivity contribution in [3.63, 3.8) is 0 Å². The smallest absolute Gasteiger partial charge is 0.333 e. The number of carbonyl (C=O) groups excluding carboxylic acids is 1. The maximum Gasteiger partial charge on any atom is 0.333 e. The Balaban J connectivity index is 1.63. The first-order valence-electron chi connectivity index (χ1n) is 9.55. The standard InChI is InChI=1S/C20H30O4/c1-18(12-21)8-3-9-19(2)15(18)6-10-20(13-24-20)16(19)5-4-14-7-11-23-17(14)22/h4,15-16,21H,3,5-13H2,1-2H3/b14-4+. The van der Waals surface area contributed by atoms with Gasteiger partial charge >= 0.3 is 5.97 Å². The molecule has 134 valence electrons. The predicted molar refractivity (Wildman–Crippen MR) is 90.3 cm³/mol. The van der Waals surface area contributed by atoms with Crippen LogP contribution in [0, 0.1) is 22.7 Å². The van der Waals surface area contributed by atoms with E-state index >= 15 is 0 Å². The highest BCUT2D eigenvalue weighted by molar-refractivity contribution is 5.90. The highest BCUT2D eigenvalue weighted by Gasteiger charge is 2.65. The molecule has 4 nitrogen and oxygen atoms in total. The molecule has 5 atom stereocenters. The Bertz CT molecular complexity index is 564. The average molecular weight is 334 g/mol. The summed E-state index contributed by atoms with van der Waals surface area (Å²) in [6.45, 7) is 6.36. The Hall–Kier alpha value is -0.870. The van der Waals surface area contributed by atoms with Gasteiger partial charge in [-0.1, -0.05) is 26.3 Å². The van der Waals surface area contributed by atoms with Crippen molar-refractivity contribution < 1.29 is 19.4 Å². The largest absolute Gasteiger partial charge is 0.462 e. The molecule has 0 bridgehead atoms. The number of epoxide rings is 1. The lowest BCUT2D eigenvalue weighted by atomic mass is 9.45. The molecule has 2 heterocycles. The summed E-state index contributed by atoms with van der Waals surface area (Å²) in [7, 11) is 0. The number of hydrogen-bond donors (Lipinski definition) is 1. The van der Waals surface area contributed by atoms with Crippen molar-refractivity contribution in [3.05, 3.63) is 11.6 Å². The second-order valence-corrected chi connectivity index (χ2v) is 9.02. The van der Waals surface area contributed by atoms with E-state index in [1.807, 2.05) is 0 Å². The van der Waals surface area contributed by atoms with Gasteiger partial charge in [-0.2, -0.15) is 0 Å². The van der Waals surface area contributed by atoms with E-state index in [1.54, 1.807) is 0 Å². The van der Waals surface area contributed by atoms with Crippen LogP contribution in [0.5, 0.6) is 0 Å². The van der Waals surface area contributed by atoms with E-state index in [-0.39, 0.29) is 29.0 Å². The normalized spacial score (nSPS) is 49.3. The third-order valence-corrected chi connectivity index (χ3v) is 7.73.